The molecule has 0 aliphatic carbocycles. The SMILES string of the molecule is CCC(=O)NC(=O)C(=O)O. The number of hydrogen-bond donors (Lipinski definition) is 2. The molecular weight excluding hydrogens is 138 g/mol. The number of rotatable bonds is 1. The zero-order valence-corrected chi connectivity index (χ0v) is 5.38. The van der Waals surface area contributed by atoms with E-state index in [0.717, 1.165) is 0 Å². The monoisotopic (exact) mass is 145 g/mol. The Balaban J connectivity index is 3.80. The average molecular weight is 145 g/mol. The number of aliphatic carboxylic acids is 1. The van der Waals surface area contributed by atoms with Gasteiger partial charge in [0.05, 0.1) is 0 Å². The van der Waals surface area contributed by atoms with E-state index in [1.54, 1.807) is 5.32 Å². The summed E-state index contributed by atoms with van der Waals surface area (Å²) in [6.07, 6.45) is 0.0962. The minimum atomic E-state index is -1.65. The lowest BCUT2D eigenvalue weighted by Gasteiger charge is -1.94. The van der Waals surface area contributed by atoms with Crippen LogP contribution in [-0.2, 0) is 14.4 Å². The number of carbonyl (C=O) groups is 3. The zero-order chi connectivity index (χ0) is 8.15. The molecule has 0 saturated heterocycles. The van der Waals surface area contributed by atoms with E-state index in [1.165, 1.54) is 6.92 Å². The van der Waals surface area contributed by atoms with Crippen LogP contribution in [0.5, 0.6) is 0 Å². The zero-order valence-electron chi connectivity index (χ0n) is 5.38. The summed E-state index contributed by atoms with van der Waals surface area (Å²) in [5, 5.41) is 9.61. The van der Waals surface area contributed by atoms with Gasteiger partial charge < -0.3 is 5.11 Å². The molecule has 56 valence electrons. The molecular formula is C5H7NO4. The molecule has 0 aromatic carbocycles. The molecule has 0 rings (SSSR count). The van der Waals surface area contributed by atoms with E-state index < -0.39 is 17.8 Å². The summed E-state index contributed by atoms with van der Waals surface area (Å²) < 4.78 is 0. The van der Waals surface area contributed by atoms with E-state index in [0.29, 0.717) is 0 Å². The average Bonchev–Trinajstić information content (AvgIpc) is 1.87. The normalized spacial score (nSPS) is 8.50. The van der Waals surface area contributed by atoms with Crippen LogP contribution in [0, 0.1) is 0 Å². The van der Waals surface area contributed by atoms with Crippen molar-refractivity contribution in [3.05, 3.63) is 0 Å². The first kappa shape index (κ1) is 8.61. The fraction of sp³-hybridized carbons (Fsp3) is 0.400. The van der Waals surface area contributed by atoms with Crippen molar-refractivity contribution in [2.24, 2.45) is 0 Å². The first-order chi connectivity index (χ1) is 4.57. The lowest BCUT2D eigenvalue weighted by Crippen LogP contribution is -2.35. The Morgan fingerprint density at radius 3 is 2.20 bits per heavy atom. The number of nitrogens with one attached hydrogen (secondary N) is 1. The third-order valence-electron chi connectivity index (χ3n) is 0.768. The second-order valence-electron chi connectivity index (χ2n) is 1.54. The minimum Gasteiger partial charge on any atom is -0.474 e. The Morgan fingerprint density at radius 2 is 1.90 bits per heavy atom. The van der Waals surface area contributed by atoms with Crippen molar-refractivity contribution in [1.29, 1.82) is 0 Å². The predicted octanol–water partition coefficient (Wildman–Crippen LogP) is -0.876. The molecule has 0 bridgehead atoms. The number of hydrogen-bond acceptors (Lipinski definition) is 3. The maximum atomic E-state index is 10.3. The molecule has 5 heteroatoms. The predicted molar refractivity (Wildman–Crippen MR) is 31.1 cm³/mol. The standard InChI is InChI=1S/C5H7NO4/c1-2-3(7)6-4(8)5(9)10/h2H2,1H3,(H,9,10)(H,6,7,8). The van der Waals surface area contributed by atoms with Gasteiger partial charge in [-0.25, -0.2) is 4.79 Å². The van der Waals surface area contributed by atoms with Crippen LogP contribution < -0.4 is 5.32 Å². The van der Waals surface area contributed by atoms with Crippen molar-refractivity contribution in [2.45, 2.75) is 13.3 Å². The van der Waals surface area contributed by atoms with Crippen molar-refractivity contribution in [3.8, 4) is 0 Å². The van der Waals surface area contributed by atoms with Crippen molar-refractivity contribution in [1.82, 2.24) is 5.32 Å². The molecule has 0 fully saturated rings. The molecule has 10 heavy (non-hydrogen) atoms. The Bertz CT molecular complexity index is 174. The van der Waals surface area contributed by atoms with Crippen molar-refractivity contribution >= 4 is 17.8 Å². The molecule has 0 heterocycles. The van der Waals surface area contributed by atoms with Crippen LogP contribution in [0.25, 0.3) is 0 Å². The molecule has 0 atom stereocenters. The molecule has 0 aromatic rings. The summed E-state index contributed by atoms with van der Waals surface area (Å²) in [7, 11) is 0. The van der Waals surface area contributed by atoms with E-state index in [9.17, 15) is 14.4 Å². The van der Waals surface area contributed by atoms with Gasteiger partial charge in [0.15, 0.2) is 0 Å². The largest absolute Gasteiger partial charge is 0.474 e. The maximum Gasteiger partial charge on any atom is 0.394 e. The van der Waals surface area contributed by atoms with Gasteiger partial charge in [-0.15, -0.1) is 0 Å². The highest BCUT2D eigenvalue weighted by atomic mass is 16.4. The third kappa shape index (κ3) is 2.81. The number of amides is 2. The van der Waals surface area contributed by atoms with Gasteiger partial charge in [-0.1, -0.05) is 6.92 Å². The van der Waals surface area contributed by atoms with E-state index in [2.05, 4.69) is 0 Å². The summed E-state index contributed by atoms with van der Waals surface area (Å²) in [4.78, 5) is 30.3. The summed E-state index contributed by atoms with van der Waals surface area (Å²) in [5.74, 6) is -3.53. The smallest absolute Gasteiger partial charge is 0.394 e. The Labute approximate surface area is 57.0 Å². The topological polar surface area (TPSA) is 83.5 Å². The van der Waals surface area contributed by atoms with Crippen LogP contribution in [-0.4, -0.2) is 22.9 Å². The Kier molecular flexibility index (Phi) is 3.10. The molecule has 5 nitrogen and oxygen atoms in total. The molecule has 2 amide bonds. The summed E-state index contributed by atoms with van der Waals surface area (Å²) in [5.41, 5.74) is 0. The number of carboxylic acid groups (broad SMARTS) is 1. The van der Waals surface area contributed by atoms with E-state index in [1.807, 2.05) is 0 Å². The van der Waals surface area contributed by atoms with Gasteiger partial charge in [-0.2, -0.15) is 0 Å². The van der Waals surface area contributed by atoms with E-state index in [4.69, 9.17) is 5.11 Å². The van der Waals surface area contributed by atoms with Gasteiger partial charge in [0.25, 0.3) is 0 Å². The van der Waals surface area contributed by atoms with Crippen LogP contribution in [0.15, 0.2) is 0 Å². The van der Waals surface area contributed by atoms with Crippen molar-refractivity contribution < 1.29 is 19.5 Å². The van der Waals surface area contributed by atoms with Gasteiger partial charge in [-0.05, 0) is 0 Å². The fourth-order valence-corrected chi connectivity index (χ4v) is 0.268. The third-order valence-corrected chi connectivity index (χ3v) is 0.768. The van der Waals surface area contributed by atoms with Crippen LogP contribution in [0.3, 0.4) is 0 Å². The first-order valence-corrected chi connectivity index (χ1v) is 2.65. The van der Waals surface area contributed by atoms with Gasteiger partial charge in [0, 0.05) is 6.42 Å². The molecule has 0 aliphatic rings. The molecule has 0 aromatic heterocycles. The molecule has 0 spiro atoms. The van der Waals surface area contributed by atoms with Gasteiger partial charge in [-0.3, -0.25) is 14.9 Å². The fourth-order valence-electron chi connectivity index (χ4n) is 0.268. The van der Waals surface area contributed by atoms with Crippen molar-refractivity contribution in [3.63, 3.8) is 0 Å². The summed E-state index contributed by atoms with van der Waals surface area (Å²) in [6.45, 7) is 1.52. The first-order valence-electron chi connectivity index (χ1n) is 2.65. The quantitative estimate of drug-likeness (QED) is 0.469. The Hall–Kier alpha value is -1.39. The molecule has 0 saturated carbocycles. The van der Waals surface area contributed by atoms with Crippen LogP contribution >= 0.6 is 0 Å². The highest BCUT2D eigenvalue weighted by molar-refractivity contribution is 6.34. The maximum absolute atomic E-state index is 10.3. The highest BCUT2D eigenvalue weighted by Gasteiger charge is 2.12. The second kappa shape index (κ2) is 3.60. The highest BCUT2D eigenvalue weighted by Crippen LogP contribution is 1.74. The number of carboxylic acids is 1. The lowest BCUT2D eigenvalue weighted by molar-refractivity contribution is -0.151. The molecule has 0 radical (unpaired) electrons. The minimum absolute atomic E-state index is 0.0962. The second-order valence-corrected chi connectivity index (χ2v) is 1.54. The van der Waals surface area contributed by atoms with Crippen LogP contribution in [0.2, 0.25) is 0 Å². The van der Waals surface area contributed by atoms with Crippen LogP contribution in [0.4, 0.5) is 0 Å². The molecule has 0 aliphatic heterocycles. The summed E-state index contributed by atoms with van der Waals surface area (Å²) in [6, 6.07) is 0. The van der Waals surface area contributed by atoms with Gasteiger partial charge in [0.1, 0.15) is 0 Å². The lowest BCUT2D eigenvalue weighted by atomic mass is 10.4. The number of imide groups is 1. The number of carbonyl (C=O) groups excluding carboxylic acids is 2. The van der Waals surface area contributed by atoms with E-state index >= 15 is 0 Å². The van der Waals surface area contributed by atoms with Gasteiger partial charge in [0.2, 0.25) is 5.91 Å². The van der Waals surface area contributed by atoms with Gasteiger partial charge >= 0.3 is 11.9 Å². The Morgan fingerprint density at radius 1 is 1.40 bits per heavy atom. The van der Waals surface area contributed by atoms with Crippen LogP contribution in [0.1, 0.15) is 13.3 Å². The van der Waals surface area contributed by atoms with E-state index in [-0.39, 0.29) is 6.42 Å². The summed E-state index contributed by atoms with van der Waals surface area (Å²) >= 11 is 0. The molecule has 2 N–H and O–H groups in total. The molecule has 0 unspecified atom stereocenters. The van der Waals surface area contributed by atoms with Crippen molar-refractivity contribution in [2.75, 3.05) is 0 Å².